The summed E-state index contributed by atoms with van der Waals surface area (Å²) in [6.07, 6.45) is 4.53. The molecule has 2 fully saturated rings. The third-order valence-electron chi connectivity index (χ3n) is 2.86. The number of hydrogen-bond acceptors (Lipinski definition) is 4. The average Bonchev–Trinajstić information content (AvgIpc) is 2.90. The van der Waals surface area contributed by atoms with Crippen LogP contribution >= 0.6 is 11.6 Å². The predicted molar refractivity (Wildman–Crippen MR) is 61.6 cm³/mol. The zero-order chi connectivity index (χ0) is 11.0. The minimum Gasteiger partial charge on any atom is -0.370 e. The molecule has 3 rings (SSSR count). The van der Waals surface area contributed by atoms with Crippen molar-refractivity contribution in [3.05, 3.63) is 17.0 Å². The van der Waals surface area contributed by atoms with Crippen molar-refractivity contribution >= 4 is 17.4 Å². The molecule has 1 aliphatic carbocycles. The molecule has 0 bridgehead atoms. The van der Waals surface area contributed by atoms with Gasteiger partial charge in [0.25, 0.3) is 0 Å². The molecule has 5 heteroatoms. The maximum atomic E-state index is 5.99. The van der Waals surface area contributed by atoms with Gasteiger partial charge < -0.3 is 10.1 Å². The van der Waals surface area contributed by atoms with Crippen LogP contribution in [-0.4, -0.2) is 22.6 Å². The van der Waals surface area contributed by atoms with Crippen molar-refractivity contribution in [1.82, 2.24) is 9.97 Å². The molecule has 0 amide bonds. The van der Waals surface area contributed by atoms with E-state index in [-0.39, 0.29) is 6.10 Å². The topological polar surface area (TPSA) is 47.0 Å². The molecule has 1 aromatic rings. The van der Waals surface area contributed by atoms with Gasteiger partial charge in [-0.1, -0.05) is 11.6 Å². The van der Waals surface area contributed by atoms with Gasteiger partial charge in [0, 0.05) is 18.7 Å². The van der Waals surface area contributed by atoms with Gasteiger partial charge in [-0.15, -0.1) is 0 Å². The van der Waals surface area contributed by atoms with Gasteiger partial charge in [0.15, 0.2) is 5.82 Å². The number of ether oxygens (including phenoxy) is 1. The first kappa shape index (κ1) is 10.3. The van der Waals surface area contributed by atoms with Crippen molar-refractivity contribution in [2.45, 2.75) is 37.8 Å². The van der Waals surface area contributed by atoms with Crippen LogP contribution in [0.1, 0.15) is 37.6 Å². The third-order valence-corrected chi connectivity index (χ3v) is 3.05. The average molecular weight is 240 g/mol. The second-order valence-electron chi connectivity index (χ2n) is 4.35. The van der Waals surface area contributed by atoms with Crippen molar-refractivity contribution in [2.24, 2.45) is 0 Å². The minimum absolute atomic E-state index is 0.0263. The maximum absolute atomic E-state index is 5.99. The van der Waals surface area contributed by atoms with Gasteiger partial charge >= 0.3 is 0 Å². The largest absolute Gasteiger partial charge is 0.370 e. The van der Waals surface area contributed by atoms with Gasteiger partial charge in [0.05, 0.1) is 0 Å². The number of aromatic nitrogens is 2. The van der Waals surface area contributed by atoms with Crippen molar-refractivity contribution in [3.63, 3.8) is 0 Å². The monoisotopic (exact) mass is 239 g/mol. The Labute approximate surface area is 99.4 Å². The fraction of sp³-hybridized carbons (Fsp3) is 0.636. The fourth-order valence-electron chi connectivity index (χ4n) is 1.87. The van der Waals surface area contributed by atoms with Crippen LogP contribution in [0.5, 0.6) is 0 Å². The first-order valence-corrected chi connectivity index (χ1v) is 6.12. The van der Waals surface area contributed by atoms with Gasteiger partial charge in [-0.05, 0) is 25.7 Å². The molecule has 0 aromatic carbocycles. The number of halogens is 1. The summed E-state index contributed by atoms with van der Waals surface area (Å²) >= 11 is 5.99. The Bertz CT molecular complexity index is 389. The molecule has 1 atom stereocenters. The second kappa shape index (κ2) is 4.18. The highest BCUT2D eigenvalue weighted by Crippen LogP contribution is 2.29. The summed E-state index contributed by atoms with van der Waals surface area (Å²) in [5.41, 5.74) is 0. The van der Waals surface area contributed by atoms with Gasteiger partial charge in [-0.25, -0.2) is 9.97 Å². The van der Waals surface area contributed by atoms with Crippen LogP contribution in [0, 0.1) is 0 Å². The van der Waals surface area contributed by atoms with Crippen molar-refractivity contribution in [2.75, 3.05) is 11.9 Å². The summed E-state index contributed by atoms with van der Waals surface area (Å²) in [4.78, 5) is 8.70. The number of rotatable bonds is 3. The van der Waals surface area contributed by atoms with E-state index >= 15 is 0 Å². The molecular formula is C11H14ClN3O. The molecule has 1 unspecified atom stereocenters. The molecule has 2 heterocycles. The molecule has 16 heavy (non-hydrogen) atoms. The van der Waals surface area contributed by atoms with Crippen molar-refractivity contribution in [1.29, 1.82) is 0 Å². The molecule has 1 saturated carbocycles. The van der Waals surface area contributed by atoms with E-state index in [0.717, 1.165) is 25.3 Å². The quantitative estimate of drug-likeness (QED) is 0.824. The van der Waals surface area contributed by atoms with E-state index in [4.69, 9.17) is 16.3 Å². The molecule has 0 radical (unpaired) electrons. The van der Waals surface area contributed by atoms with Gasteiger partial charge in [-0.3, -0.25) is 0 Å². The van der Waals surface area contributed by atoms with E-state index in [2.05, 4.69) is 15.3 Å². The minimum atomic E-state index is 0.0263. The van der Waals surface area contributed by atoms with E-state index in [1.807, 2.05) is 0 Å². The lowest BCUT2D eigenvalue weighted by Gasteiger charge is -2.10. The fourth-order valence-corrected chi connectivity index (χ4v) is 2.06. The second-order valence-corrected chi connectivity index (χ2v) is 4.74. The number of nitrogens with zero attached hydrogens (tertiary/aromatic N) is 2. The summed E-state index contributed by atoms with van der Waals surface area (Å²) in [5.74, 6) is 1.54. The zero-order valence-electron chi connectivity index (χ0n) is 8.95. The van der Waals surface area contributed by atoms with Crippen LogP contribution in [0.2, 0.25) is 5.15 Å². The zero-order valence-corrected chi connectivity index (χ0v) is 9.70. The Balaban J connectivity index is 1.82. The van der Waals surface area contributed by atoms with Crippen LogP contribution < -0.4 is 5.32 Å². The predicted octanol–water partition coefficient (Wildman–Crippen LogP) is 2.56. The van der Waals surface area contributed by atoms with E-state index in [0.29, 0.717) is 17.0 Å². The SMILES string of the molecule is Clc1cc(NC2CC2)nc(C2CCCO2)n1. The van der Waals surface area contributed by atoms with E-state index < -0.39 is 0 Å². The molecule has 2 aliphatic rings. The summed E-state index contributed by atoms with van der Waals surface area (Å²) in [7, 11) is 0. The summed E-state index contributed by atoms with van der Waals surface area (Å²) in [6.45, 7) is 0.798. The summed E-state index contributed by atoms with van der Waals surface area (Å²) in [5, 5.41) is 3.82. The third kappa shape index (κ3) is 2.28. The van der Waals surface area contributed by atoms with Crippen LogP contribution in [0.3, 0.4) is 0 Å². The molecular weight excluding hydrogens is 226 g/mol. The highest BCUT2D eigenvalue weighted by atomic mass is 35.5. The highest BCUT2D eigenvalue weighted by molar-refractivity contribution is 6.29. The van der Waals surface area contributed by atoms with Gasteiger partial charge in [0.1, 0.15) is 17.1 Å². The highest BCUT2D eigenvalue weighted by Gasteiger charge is 2.24. The van der Waals surface area contributed by atoms with E-state index in [1.165, 1.54) is 12.8 Å². The molecule has 0 spiro atoms. The Morgan fingerprint density at radius 2 is 2.19 bits per heavy atom. The normalized spacial score (nSPS) is 24.7. The molecule has 1 aromatic heterocycles. The first-order valence-electron chi connectivity index (χ1n) is 5.74. The van der Waals surface area contributed by atoms with E-state index in [9.17, 15) is 0 Å². The Morgan fingerprint density at radius 1 is 1.31 bits per heavy atom. The van der Waals surface area contributed by atoms with Crippen LogP contribution in [-0.2, 0) is 4.74 Å². The van der Waals surface area contributed by atoms with E-state index in [1.54, 1.807) is 6.07 Å². The first-order chi connectivity index (χ1) is 7.81. The molecule has 1 aliphatic heterocycles. The smallest absolute Gasteiger partial charge is 0.161 e. The van der Waals surface area contributed by atoms with Gasteiger partial charge in [-0.2, -0.15) is 0 Å². The Hall–Kier alpha value is -0.870. The lowest BCUT2D eigenvalue weighted by molar-refractivity contribution is 0.105. The summed E-state index contributed by atoms with van der Waals surface area (Å²) in [6, 6.07) is 2.35. The number of nitrogens with one attached hydrogen (secondary N) is 1. The summed E-state index contributed by atoms with van der Waals surface area (Å²) < 4.78 is 5.56. The molecule has 4 nitrogen and oxygen atoms in total. The maximum Gasteiger partial charge on any atom is 0.161 e. The van der Waals surface area contributed by atoms with Crippen LogP contribution in [0.25, 0.3) is 0 Å². The standard InChI is InChI=1S/C11H14ClN3O/c12-9-6-10(13-7-3-4-7)15-11(14-9)8-2-1-5-16-8/h6-8H,1-5H2,(H,13,14,15). The molecule has 1 saturated heterocycles. The van der Waals surface area contributed by atoms with Crippen LogP contribution in [0.15, 0.2) is 6.07 Å². The lowest BCUT2D eigenvalue weighted by atomic mass is 10.2. The van der Waals surface area contributed by atoms with Crippen molar-refractivity contribution in [3.8, 4) is 0 Å². The molecule has 86 valence electrons. The number of anilines is 1. The van der Waals surface area contributed by atoms with Crippen molar-refractivity contribution < 1.29 is 4.74 Å². The lowest BCUT2D eigenvalue weighted by Crippen LogP contribution is -2.08. The Morgan fingerprint density at radius 3 is 2.88 bits per heavy atom. The van der Waals surface area contributed by atoms with Crippen LogP contribution in [0.4, 0.5) is 5.82 Å². The molecule has 1 N–H and O–H groups in total. The number of hydrogen-bond donors (Lipinski definition) is 1. The van der Waals surface area contributed by atoms with Gasteiger partial charge in [0.2, 0.25) is 0 Å². The Kier molecular flexibility index (Phi) is 2.69.